The fourth-order valence-corrected chi connectivity index (χ4v) is 2.95. The summed E-state index contributed by atoms with van der Waals surface area (Å²) in [5, 5.41) is 9.48. The first kappa shape index (κ1) is 16.4. The zero-order valence-electron chi connectivity index (χ0n) is 13.0. The highest BCUT2D eigenvalue weighted by atomic mass is 35.5. The molecule has 1 saturated carbocycles. The second-order valence-electron chi connectivity index (χ2n) is 5.73. The summed E-state index contributed by atoms with van der Waals surface area (Å²) in [4.78, 5) is 33.2. The maximum Gasteiger partial charge on any atom is 0.356 e. The van der Waals surface area contributed by atoms with Crippen molar-refractivity contribution in [2.24, 2.45) is 0 Å². The molecule has 1 aromatic carbocycles. The van der Waals surface area contributed by atoms with Gasteiger partial charge < -0.3 is 10.0 Å². The third kappa shape index (κ3) is 3.23. The van der Waals surface area contributed by atoms with Crippen LogP contribution in [-0.2, 0) is 0 Å². The van der Waals surface area contributed by atoms with Crippen molar-refractivity contribution in [1.82, 2.24) is 14.9 Å². The van der Waals surface area contributed by atoms with Crippen LogP contribution in [0.3, 0.4) is 0 Å². The predicted molar refractivity (Wildman–Crippen MR) is 88.0 cm³/mol. The first-order valence-electron chi connectivity index (χ1n) is 7.61. The fourth-order valence-electron chi connectivity index (χ4n) is 2.66. The van der Waals surface area contributed by atoms with E-state index in [1.54, 1.807) is 11.0 Å². The van der Waals surface area contributed by atoms with E-state index in [9.17, 15) is 9.59 Å². The van der Waals surface area contributed by atoms with Gasteiger partial charge in [-0.15, -0.1) is 0 Å². The molecule has 1 heterocycles. The highest BCUT2D eigenvalue weighted by molar-refractivity contribution is 6.31. The number of amides is 1. The van der Waals surface area contributed by atoms with Crippen LogP contribution in [0.25, 0.3) is 0 Å². The summed E-state index contributed by atoms with van der Waals surface area (Å²) in [6, 6.07) is 7.36. The summed E-state index contributed by atoms with van der Waals surface area (Å²) in [6.07, 6.45) is 4.17. The van der Waals surface area contributed by atoms with E-state index >= 15 is 0 Å². The Balaban J connectivity index is 1.89. The van der Waals surface area contributed by atoms with Crippen LogP contribution in [0.2, 0.25) is 5.02 Å². The van der Waals surface area contributed by atoms with Gasteiger partial charge in [0.15, 0.2) is 5.69 Å². The molecular weight excluding hydrogens is 330 g/mol. The predicted octanol–water partition coefficient (Wildman–Crippen LogP) is 3.19. The number of nitrogens with zero attached hydrogens (tertiary/aromatic N) is 3. The number of carbonyl (C=O) groups excluding carboxylic acids is 1. The summed E-state index contributed by atoms with van der Waals surface area (Å²) in [5.41, 5.74) is 0.809. The number of carbonyl (C=O) groups is 2. The van der Waals surface area contributed by atoms with Gasteiger partial charge in [-0.1, -0.05) is 29.8 Å². The van der Waals surface area contributed by atoms with Gasteiger partial charge in [0.05, 0.1) is 18.4 Å². The third-order valence-corrected chi connectivity index (χ3v) is 4.38. The molecule has 1 aromatic heterocycles. The molecule has 1 fully saturated rings. The number of hydrogen-bond acceptors (Lipinski definition) is 4. The Morgan fingerprint density at radius 2 is 1.83 bits per heavy atom. The lowest BCUT2D eigenvalue weighted by atomic mass is 10.1. The minimum atomic E-state index is -1.18. The Bertz CT molecular complexity index is 775. The molecule has 0 radical (unpaired) electrons. The van der Waals surface area contributed by atoms with E-state index < -0.39 is 5.97 Å². The standard InChI is InChI=1S/C17H16ClN3O3/c1-10(12-4-2-3-5-13(12)18)21(11-6-7-11)16(22)14-8-20-15(9-19-14)17(23)24/h2-5,8-11H,6-7H2,1H3,(H,23,24). The van der Waals surface area contributed by atoms with Crippen LogP contribution in [0.15, 0.2) is 36.7 Å². The van der Waals surface area contributed by atoms with Gasteiger partial charge in [-0.05, 0) is 31.4 Å². The van der Waals surface area contributed by atoms with Crippen molar-refractivity contribution in [2.75, 3.05) is 0 Å². The molecule has 1 N–H and O–H groups in total. The van der Waals surface area contributed by atoms with Gasteiger partial charge in [0.1, 0.15) is 5.69 Å². The van der Waals surface area contributed by atoms with Crippen LogP contribution < -0.4 is 0 Å². The van der Waals surface area contributed by atoms with Crippen LogP contribution in [-0.4, -0.2) is 37.9 Å². The normalized spacial score (nSPS) is 14.9. The van der Waals surface area contributed by atoms with Gasteiger partial charge in [-0.2, -0.15) is 0 Å². The van der Waals surface area contributed by atoms with Gasteiger partial charge in [-0.25, -0.2) is 14.8 Å². The fraction of sp³-hybridized carbons (Fsp3) is 0.294. The summed E-state index contributed by atoms with van der Waals surface area (Å²) in [6.45, 7) is 1.93. The zero-order chi connectivity index (χ0) is 17.3. The molecule has 1 aliphatic rings. The Morgan fingerprint density at radius 1 is 1.21 bits per heavy atom. The molecular formula is C17H16ClN3O3. The Morgan fingerprint density at radius 3 is 2.38 bits per heavy atom. The second kappa shape index (κ2) is 6.57. The maximum atomic E-state index is 12.9. The summed E-state index contributed by atoms with van der Waals surface area (Å²) >= 11 is 6.26. The van der Waals surface area contributed by atoms with Crippen molar-refractivity contribution in [1.29, 1.82) is 0 Å². The number of aromatic nitrogens is 2. The average Bonchev–Trinajstić information content (AvgIpc) is 3.40. The molecule has 1 unspecified atom stereocenters. The molecule has 0 aliphatic heterocycles. The van der Waals surface area contributed by atoms with Crippen molar-refractivity contribution in [2.45, 2.75) is 31.8 Å². The van der Waals surface area contributed by atoms with Gasteiger partial charge in [-0.3, -0.25) is 4.79 Å². The van der Waals surface area contributed by atoms with Gasteiger partial charge >= 0.3 is 5.97 Å². The quantitative estimate of drug-likeness (QED) is 0.899. The molecule has 0 bridgehead atoms. The van der Waals surface area contributed by atoms with E-state index in [0.717, 1.165) is 24.6 Å². The Hall–Kier alpha value is -2.47. The molecule has 1 amide bonds. The Labute approximate surface area is 144 Å². The third-order valence-electron chi connectivity index (χ3n) is 4.04. The van der Waals surface area contributed by atoms with Gasteiger partial charge in [0.2, 0.25) is 0 Å². The van der Waals surface area contributed by atoms with E-state index in [1.165, 1.54) is 6.20 Å². The van der Waals surface area contributed by atoms with Gasteiger partial charge in [0, 0.05) is 11.1 Å². The smallest absolute Gasteiger partial charge is 0.356 e. The second-order valence-corrected chi connectivity index (χ2v) is 6.14. The van der Waals surface area contributed by atoms with Crippen molar-refractivity contribution in [3.63, 3.8) is 0 Å². The molecule has 6 nitrogen and oxygen atoms in total. The van der Waals surface area contributed by atoms with Crippen molar-refractivity contribution in [3.05, 3.63) is 58.6 Å². The molecule has 124 valence electrons. The van der Waals surface area contributed by atoms with Crippen molar-refractivity contribution in [3.8, 4) is 0 Å². The minimum Gasteiger partial charge on any atom is -0.476 e. The molecule has 1 aliphatic carbocycles. The molecule has 3 rings (SSSR count). The van der Waals surface area contributed by atoms with Crippen LogP contribution in [0, 0.1) is 0 Å². The van der Waals surface area contributed by atoms with E-state index in [1.807, 2.05) is 25.1 Å². The monoisotopic (exact) mass is 345 g/mol. The van der Waals surface area contributed by atoms with E-state index in [4.69, 9.17) is 16.7 Å². The van der Waals surface area contributed by atoms with Crippen LogP contribution in [0.1, 0.15) is 52.3 Å². The number of aromatic carboxylic acids is 1. The first-order valence-corrected chi connectivity index (χ1v) is 7.99. The first-order chi connectivity index (χ1) is 11.5. The number of halogens is 1. The lowest BCUT2D eigenvalue weighted by Crippen LogP contribution is -2.36. The molecule has 24 heavy (non-hydrogen) atoms. The average molecular weight is 346 g/mol. The molecule has 0 spiro atoms. The summed E-state index contributed by atoms with van der Waals surface area (Å²) < 4.78 is 0. The number of hydrogen-bond donors (Lipinski definition) is 1. The molecule has 2 aromatic rings. The largest absolute Gasteiger partial charge is 0.476 e. The highest BCUT2D eigenvalue weighted by Crippen LogP contribution is 2.37. The lowest BCUT2D eigenvalue weighted by molar-refractivity contribution is 0.0657. The van der Waals surface area contributed by atoms with Crippen LogP contribution in [0.4, 0.5) is 0 Å². The van der Waals surface area contributed by atoms with E-state index in [0.29, 0.717) is 5.02 Å². The van der Waals surface area contributed by atoms with Gasteiger partial charge in [0.25, 0.3) is 5.91 Å². The number of carboxylic acids is 1. The van der Waals surface area contributed by atoms with E-state index in [-0.39, 0.29) is 29.4 Å². The molecule has 0 saturated heterocycles. The zero-order valence-corrected chi connectivity index (χ0v) is 13.8. The lowest BCUT2D eigenvalue weighted by Gasteiger charge is -2.30. The van der Waals surface area contributed by atoms with E-state index in [2.05, 4.69) is 9.97 Å². The van der Waals surface area contributed by atoms with Crippen molar-refractivity contribution < 1.29 is 14.7 Å². The SMILES string of the molecule is CC(c1ccccc1Cl)N(C(=O)c1cnc(C(=O)O)cn1)C1CC1. The maximum absolute atomic E-state index is 12.9. The number of rotatable bonds is 5. The van der Waals surface area contributed by atoms with Crippen LogP contribution in [0.5, 0.6) is 0 Å². The topological polar surface area (TPSA) is 83.4 Å². The molecule has 1 atom stereocenters. The summed E-state index contributed by atoms with van der Waals surface area (Å²) in [7, 11) is 0. The highest BCUT2D eigenvalue weighted by Gasteiger charge is 2.37. The Kier molecular flexibility index (Phi) is 4.49. The summed E-state index contributed by atoms with van der Waals surface area (Å²) in [5.74, 6) is -1.45. The molecule has 7 heteroatoms. The minimum absolute atomic E-state index is 0.130. The van der Waals surface area contributed by atoms with Crippen molar-refractivity contribution >= 4 is 23.5 Å². The number of benzene rings is 1. The van der Waals surface area contributed by atoms with Crippen LogP contribution >= 0.6 is 11.6 Å². The number of carboxylic acid groups (broad SMARTS) is 1.